The molecule has 0 saturated carbocycles. The first kappa shape index (κ1) is 19.3. The number of primary sulfonamides is 1. The summed E-state index contributed by atoms with van der Waals surface area (Å²) in [7, 11) is -4.09. The Morgan fingerprint density at radius 1 is 1.14 bits per heavy atom. The third-order valence-electron chi connectivity index (χ3n) is 3.57. The van der Waals surface area contributed by atoms with Crippen LogP contribution in [0.1, 0.15) is 23.0 Å². The fraction of sp³-hybridized carbons (Fsp3) is 0.118. The molecule has 0 spiro atoms. The molecule has 0 atom stereocenters. The van der Waals surface area contributed by atoms with Crippen LogP contribution in [0.15, 0.2) is 55.1 Å². The molecule has 11 heteroatoms. The van der Waals surface area contributed by atoms with Crippen LogP contribution in [0.25, 0.3) is 11.0 Å². The Labute approximate surface area is 157 Å². The van der Waals surface area contributed by atoms with Gasteiger partial charge in [0.15, 0.2) is 0 Å². The quantitative estimate of drug-likeness (QED) is 0.474. The van der Waals surface area contributed by atoms with Crippen LogP contribution >= 0.6 is 0 Å². The fourth-order valence-corrected chi connectivity index (χ4v) is 2.89. The number of ether oxygens (including phenoxy) is 1. The molecule has 0 radical (unpaired) electrons. The zero-order chi connectivity index (χ0) is 20.5. The number of benzene rings is 1. The molecule has 0 bridgehead atoms. The molecule has 10 nitrogen and oxygen atoms in total. The second-order valence-electron chi connectivity index (χ2n) is 5.72. The standard InChI is InChI=1S/C17H14N2O8S/c1-9(20)19-11-2-3-12-10(6-15(21)26-14(12)7-11)8-25-17(22)13-4-5-16(27-13)28(18,23)24/h2-7H,8H2,1H3,(H,19,20)(H2,18,23,24). The molecule has 0 saturated heterocycles. The number of nitrogens with one attached hydrogen (secondary N) is 1. The lowest BCUT2D eigenvalue weighted by Gasteiger charge is -2.08. The van der Waals surface area contributed by atoms with Gasteiger partial charge in [-0.25, -0.2) is 23.1 Å². The molecule has 2 aromatic heterocycles. The van der Waals surface area contributed by atoms with Crippen molar-refractivity contribution in [3.8, 4) is 0 Å². The number of sulfonamides is 1. The summed E-state index contributed by atoms with van der Waals surface area (Å²) in [5.41, 5.74) is 0.308. The number of carbonyl (C=O) groups excluding carboxylic acids is 2. The lowest BCUT2D eigenvalue weighted by atomic mass is 10.1. The maximum atomic E-state index is 12.1. The summed E-state index contributed by atoms with van der Waals surface area (Å²) in [5.74, 6) is -1.58. The van der Waals surface area contributed by atoms with Gasteiger partial charge in [0.2, 0.25) is 16.8 Å². The first-order valence-corrected chi connectivity index (χ1v) is 9.32. The molecule has 0 aliphatic heterocycles. The van der Waals surface area contributed by atoms with Crippen LogP contribution in [0.5, 0.6) is 0 Å². The van der Waals surface area contributed by atoms with E-state index in [1.807, 2.05) is 0 Å². The first-order chi connectivity index (χ1) is 13.1. The van der Waals surface area contributed by atoms with Crippen LogP contribution in [-0.2, 0) is 26.2 Å². The molecule has 0 aliphatic carbocycles. The van der Waals surface area contributed by atoms with E-state index in [4.69, 9.17) is 18.7 Å². The summed E-state index contributed by atoms with van der Waals surface area (Å²) in [6, 6.07) is 7.96. The number of anilines is 1. The molecule has 3 N–H and O–H groups in total. The molecule has 3 rings (SSSR count). The summed E-state index contributed by atoms with van der Waals surface area (Å²) in [5, 5.41) is 7.39. The summed E-state index contributed by atoms with van der Waals surface area (Å²) in [6.45, 7) is 1.04. The number of esters is 1. The first-order valence-electron chi connectivity index (χ1n) is 7.77. The highest BCUT2D eigenvalue weighted by Crippen LogP contribution is 2.22. The molecule has 0 fully saturated rings. The third-order valence-corrected chi connectivity index (χ3v) is 4.35. The van der Waals surface area contributed by atoms with E-state index >= 15 is 0 Å². The average molecular weight is 406 g/mol. The van der Waals surface area contributed by atoms with Crippen molar-refractivity contribution in [2.75, 3.05) is 5.32 Å². The zero-order valence-electron chi connectivity index (χ0n) is 14.4. The predicted octanol–water partition coefficient (Wildman–Crippen LogP) is 1.35. The molecule has 0 unspecified atom stereocenters. The van der Waals surface area contributed by atoms with E-state index in [1.165, 1.54) is 13.0 Å². The highest BCUT2D eigenvalue weighted by molar-refractivity contribution is 7.89. The van der Waals surface area contributed by atoms with E-state index in [0.717, 1.165) is 18.2 Å². The summed E-state index contributed by atoms with van der Waals surface area (Å²) < 4.78 is 37.4. The summed E-state index contributed by atoms with van der Waals surface area (Å²) in [6.07, 6.45) is 0. The number of amides is 1. The average Bonchev–Trinajstić information content (AvgIpc) is 3.09. The van der Waals surface area contributed by atoms with Crippen molar-refractivity contribution in [1.82, 2.24) is 0 Å². The number of furan rings is 1. The van der Waals surface area contributed by atoms with Crippen molar-refractivity contribution in [3.05, 3.63) is 58.1 Å². The van der Waals surface area contributed by atoms with Gasteiger partial charge in [0.05, 0.1) is 0 Å². The van der Waals surface area contributed by atoms with Gasteiger partial charge in [-0.3, -0.25) is 4.79 Å². The van der Waals surface area contributed by atoms with Gasteiger partial charge in [0.25, 0.3) is 10.0 Å². The monoisotopic (exact) mass is 406 g/mol. The zero-order valence-corrected chi connectivity index (χ0v) is 15.2. The Kier molecular flexibility index (Phi) is 5.03. The molecule has 2 heterocycles. The number of hydrogen-bond acceptors (Lipinski definition) is 8. The van der Waals surface area contributed by atoms with Gasteiger partial charge in [0, 0.05) is 35.7 Å². The van der Waals surface area contributed by atoms with Gasteiger partial charge in [-0.15, -0.1) is 0 Å². The number of fused-ring (bicyclic) bond motifs is 1. The number of carbonyl (C=O) groups is 2. The Hall–Kier alpha value is -3.44. The lowest BCUT2D eigenvalue weighted by Crippen LogP contribution is -2.11. The summed E-state index contributed by atoms with van der Waals surface area (Å²) in [4.78, 5) is 35.0. The van der Waals surface area contributed by atoms with Crippen LogP contribution in [0, 0.1) is 0 Å². The van der Waals surface area contributed by atoms with Crippen LogP contribution in [0.2, 0.25) is 0 Å². The van der Waals surface area contributed by atoms with Crippen molar-refractivity contribution < 1.29 is 31.6 Å². The molecule has 1 amide bonds. The van der Waals surface area contributed by atoms with E-state index < -0.39 is 26.7 Å². The minimum absolute atomic E-state index is 0.194. The highest BCUT2D eigenvalue weighted by atomic mass is 32.2. The summed E-state index contributed by atoms with van der Waals surface area (Å²) >= 11 is 0. The second kappa shape index (κ2) is 7.29. The van der Waals surface area contributed by atoms with E-state index in [-0.39, 0.29) is 23.9 Å². The molecule has 3 aromatic rings. The van der Waals surface area contributed by atoms with E-state index in [1.54, 1.807) is 12.1 Å². The van der Waals surface area contributed by atoms with Crippen molar-refractivity contribution in [2.24, 2.45) is 5.14 Å². The van der Waals surface area contributed by atoms with Gasteiger partial charge in [-0.05, 0) is 24.3 Å². The van der Waals surface area contributed by atoms with Crippen molar-refractivity contribution in [2.45, 2.75) is 18.6 Å². The molecular formula is C17H14N2O8S. The molecular weight excluding hydrogens is 392 g/mol. The number of hydrogen-bond donors (Lipinski definition) is 2. The van der Waals surface area contributed by atoms with Gasteiger partial charge in [-0.1, -0.05) is 0 Å². The van der Waals surface area contributed by atoms with E-state index in [2.05, 4.69) is 5.32 Å². The van der Waals surface area contributed by atoms with Crippen LogP contribution in [0.3, 0.4) is 0 Å². The second-order valence-corrected chi connectivity index (χ2v) is 7.22. The SMILES string of the molecule is CC(=O)Nc1ccc2c(COC(=O)c3ccc(S(N)(=O)=O)o3)cc(=O)oc2c1. The largest absolute Gasteiger partial charge is 0.455 e. The highest BCUT2D eigenvalue weighted by Gasteiger charge is 2.19. The van der Waals surface area contributed by atoms with Gasteiger partial charge in [-0.2, -0.15) is 0 Å². The Morgan fingerprint density at radius 3 is 2.54 bits per heavy atom. The van der Waals surface area contributed by atoms with Gasteiger partial charge >= 0.3 is 11.6 Å². The predicted molar refractivity (Wildman–Crippen MR) is 96.0 cm³/mol. The normalized spacial score (nSPS) is 11.4. The van der Waals surface area contributed by atoms with Gasteiger partial charge in [0.1, 0.15) is 12.2 Å². The maximum Gasteiger partial charge on any atom is 0.374 e. The Morgan fingerprint density at radius 2 is 1.89 bits per heavy atom. The number of nitrogens with two attached hydrogens (primary N) is 1. The molecule has 0 aliphatic rings. The van der Waals surface area contributed by atoms with Crippen LogP contribution in [-0.4, -0.2) is 20.3 Å². The lowest BCUT2D eigenvalue weighted by molar-refractivity contribution is -0.114. The van der Waals surface area contributed by atoms with Crippen molar-refractivity contribution in [1.29, 1.82) is 0 Å². The smallest absolute Gasteiger partial charge is 0.374 e. The Bertz CT molecular complexity index is 1240. The molecule has 28 heavy (non-hydrogen) atoms. The third kappa shape index (κ3) is 4.27. The minimum atomic E-state index is -4.09. The molecule has 1 aromatic carbocycles. The maximum absolute atomic E-state index is 12.1. The molecule has 146 valence electrons. The Balaban J connectivity index is 1.84. The van der Waals surface area contributed by atoms with E-state index in [9.17, 15) is 22.8 Å². The van der Waals surface area contributed by atoms with Crippen LogP contribution < -0.4 is 16.1 Å². The van der Waals surface area contributed by atoms with Crippen molar-refractivity contribution >= 4 is 38.6 Å². The fourth-order valence-electron chi connectivity index (χ4n) is 2.43. The van der Waals surface area contributed by atoms with E-state index in [0.29, 0.717) is 16.6 Å². The minimum Gasteiger partial charge on any atom is -0.455 e. The topological polar surface area (TPSA) is 159 Å². The van der Waals surface area contributed by atoms with Crippen LogP contribution in [0.4, 0.5) is 5.69 Å². The van der Waals surface area contributed by atoms with Gasteiger partial charge < -0.3 is 18.9 Å². The van der Waals surface area contributed by atoms with Crippen molar-refractivity contribution in [3.63, 3.8) is 0 Å². The number of rotatable bonds is 5.